The second-order valence-corrected chi connectivity index (χ2v) is 11.5. The third-order valence-electron chi connectivity index (χ3n) is 7.54. The predicted octanol–water partition coefficient (Wildman–Crippen LogP) is 5.55. The Morgan fingerprint density at radius 3 is 2.27 bits per heavy atom. The van der Waals surface area contributed by atoms with Gasteiger partial charge in [0, 0.05) is 11.6 Å². The van der Waals surface area contributed by atoms with Crippen LogP contribution in [0.5, 0.6) is 17.2 Å². The van der Waals surface area contributed by atoms with Gasteiger partial charge in [-0.15, -0.1) is 0 Å². The van der Waals surface area contributed by atoms with Crippen molar-refractivity contribution < 1.29 is 28.9 Å². The van der Waals surface area contributed by atoms with E-state index >= 15 is 0 Å². The second kappa shape index (κ2) is 13.8. The van der Waals surface area contributed by atoms with Gasteiger partial charge >= 0.3 is 11.7 Å². The molecule has 4 aromatic carbocycles. The molecule has 49 heavy (non-hydrogen) atoms. The number of nitro groups is 2. The Labute approximate surface area is 281 Å². The zero-order valence-corrected chi connectivity index (χ0v) is 26.8. The maximum absolute atomic E-state index is 14.1. The molecule has 14 heteroatoms. The number of carbonyl (C=O) groups is 1. The van der Waals surface area contributed by atoms with E-state index in [-0.39, 0.29) is 35.0 Å². The van der Waals surface area contributed by atoms with Gasteiger partial charge in [0.2, 0.25) is 5.75 Å². The first-order chi connectivity index (χ1) is 23.7. The largest absolute Gasteiger partial charge is 0.493 e. The fourth-order valence-corrected chi connectivity index (χ4v) is 6.37. The van der Waals surface area contributed by atoms with E-state index in [1.54, 1.807) is 25.1 Å². The van der Waals surface area contributed by atoms with Crippen LogP contribution in [0.15, 0.2) is 112 Å². The van der Waals surface area contributed by atoms with Gasteiger partial charge in [-0.3, -0.25) is 29.6 Å². The number of fused-ring (bicyclic) bond motifs is 1. The van der Waals surface area contributed by atoms with Crippen LogP contribution in [0.4, 0.5) is 11.4 Å². The lowest BCUT2D eigenvalue weighted by Crippen LogP contribution is -2.39. The Morgan fingerprint density at radius 1 is 0.918 bits per heavy atom. The summed E-state index contributed by atoms with van der Waals surface area (Å²) in [4.78, 5) is 54.2. The van der Waals surface area contributed by atoms with Crippen molar-refractivity contribution in [2.24, 2.45) is 4.99 Å². The van der Waals surface area contributed by atoms with Crippen molar-refractivity contribution >= 4 is 40.5 Å². The summed E-state index contributed by atoms with van der Waals surface area (Å²) in [6.07, 6.45) is 1.64. The molecule has 0 spiro atoms. The summed E-state index contributed by atoms with van der Waals surface area (Å²) in [7, 11) is 1.38. The van der Waals surface area contributed by atoms with Crippen LogP contribution in [0.25, 0.3) is 11.8 Å². The molecule has 0 radical (unpaired) electrons. The van der Waals surface area contributed by atoms with E-state index in [9.17, 15) is 29.8 Å². The Hall–Kier alpha value is -6.41. The summed E-state index contributed by atoms with van der Waals surface area (Å²) in [5, 5.41) is 22.8. The molecule has 2 heterocycles. The van der Waals surface area contributed by atoms with Gasteiger partial charge in [-0.05, 0) is 42.3 Å². The lowest BCUT2D eigenvalue weighted by atomic mass is 9.93. The minimum atomic E-state index is -0.823. The Balaban J connectivity index is 1.47. The maximum atomic E-state index is 14.1. The molecule has 0 N–H and O–H groups in total. The zero-order chi connectivity index (χ0) is 34.7. The SMILES string of the molecule is CCOC(=O)C1=C(c2ccccc2)N=c2s/c(=C\c3ccc(Oc4ccc([N+](=O)[O-])cc4[N+](=O)[O-])c(OC)c3)c(=O)n2[C@H]1c1ccccc1. The summed E-state index contributed by atoms with van der Waals surface area (Å²) in [5.41, 5.74) is 1.15. The zero-order valence-electron chi connectivity index (χ0n) is 26.0. The molecule has 1 aliphatic heterocycles. The fourth-order valence-electron chi connectivity index (χ4n) is 5.37. The average molecular weight is 679 g/mol. The highest BCUT2D eigenvalue weighted by Gasteiger charge is 2.35. The number of ether oxygens (including phenoxy) is 3. The van der Waals surface area contributed by atoms with Gasteiger partial charge in [-0.2, -0.15) is 0 Å². The Morgan fingerprint density at radius 2 is 1.61 bits per heavy atom. The number of hydrogen-bond donors (Lipinski definition) is 0. The molecule has 246 valence electrons. The van der Waals surface area contributed by atoms with Crippen molar-refractivity contribution in [3.05, 3.63) is 159 Å². The monoisotopic (exact) mass is 678 g/mol. The van der Waals surface area contributed by atoms with Crippen LogP contribution in [0.2, 0.25) is 0 Å². The van der Waals surface area contributed by atoms with Crippen LogP contribution < -0.4 is 24.4 Å². The Kier molecular flexibility index (Phi) is 9.13. The molecule has 5 aromatic rings. The topological polar surface area (TPSA) is 165 Å². The lowest BCUT2D eigenvalue weighted by Gasteiger charge is -2.25. The highest BCUT2D eigenvalue weighted by atomic mass is 32.1. The van der Waals surface area contributed by atoms with Gasteiger partial charge < -0.3 is 14.2 Å². The van der Waals surface area contributed by atoms with E-state index in [1.165, 1.54) is 17.7 Å². The smallest absolute Gasteiger partial charge is 0.338 e. The fraction of sp³-hybridized carbons (Fsp3) is 0.114. The summed E-state index contributed by atoms with van der Waals surface area (Å²) >= 11 is 1.15. The predicted molar refractivity (Wildman–Crippen MR) is 180 cm³/mol. The number of methoxy groups -OCH3 is 1. The van der Waals surface area contributed by atoms with E-state index < -0.39 is 33.2 Å². The van der Waals surface area contributed by atoms with Gasteiger partial charge in [0.15, 0.2) is 16.3 Å². The molecule has 13 nitrogen and oxygen atoms in total. The summed E-state index contributed by atoms with van der Waals surface area (Å²) in [5.74, 6) is -0.509. The second-order valence-electron chi connectivity index (χ2n) is 10.5. The molecular formula is C35H26N4O9S. The van der Waals surface area contributed by atoms with Crippen molar-refractivity contribution in [2.45, 2.75) is 13.0 Å². The summed E-state index contributed by atoms with van der Waals surface area (Å²) < 4.78 is 18.6. The number of esters is 1. The molecule has 1 aromatic heterocycles. The van der Waals surface area contributed by atoms with E-state index in [0.717, 1.165) is 29.5 Å². The van der Waals surface area contributed by atoms with Crippen molar-refractivity contribution in [2.75, 3.05) is 13.7 Å². The van der Waals surface area contributed by atoms with Crippen molar-refractivity contribution in [3.8, 4) is 17.2 Å². The van der Waals surface area contributed by atoms with Crippen LogP contribution in [0.3, 0.4) is 0 Å². The molecule has 0 saturated heterocycles. The van der Waals surface area contributed by atoms with Crippen LogP contribution >= 0.6 is 11.3 Å². The third-order valence-corrected chi connectivity index (χ3v) is 8.53. The van der Waals surface area contributed by atoms with Gasteiger partial charge in [-0.1, -0.05) is 78.1 Å². The number of thiazole rings is 1. The molecule has 1 atom stereocenters. The Bertz CT molecular complexity index is 2320. The molecule has 0 unspecified atom stereocenters. The van der Waals surface area contributed by atoms with Gasteiger partial charge in [0.05, 0.1) is 51.5 Å². The minimum absolute atomic E-state index is 0.105. The van der Waals surface area contributed by atoms with Gasteiger partial charge in [-0.25, -0.2) is 9.79 Å². The van der Waals surface area contributed by atoms with Crippen LogP contribution in [0, 0.1) is 20.2 Å². The maximum Gasteiger partial charge on any atom is 0.338 e. The first-order valence-electron chi connectivity index (χ1n) is 14.8. The molecule has 0 saturated carbocycles. The van der Waals surface area contributed by atoms with E-state index in [1.807, 2.05) is 60.7 Å². The first-order valence-corrected chi connectivity index (χ1v) is 15.6. The molecule has 0 bridgehead atoms. The number of rotatable bonds is 10. The molecular weight excluding hydrogens is 652 g/mol. The molecule has 0 amide bonds. The van der Waals surface area contributed by atoms with Crippen molar-refractivity contribution in [1.82, 2.24) is 4.57 Å². The summed E-state index contributed by atoms with van der Waals surface area (Å²) in [6.45, 7) is 1.85. The van der Waals surface area contributed by atoms with Crippen molar-refractivity contribution in [1.29, 1.82) is 0 Å². The highest BCUT2D eigenvalue weighted by molar-refractivity contribution is 7.07. The highest BCUT2D eigenvalue weighted by Crippen LogP contribution is 2.39. The molecule has 6 rings (SSSR count). The quantitative estimate of drug-likeness (QED) is 0.105. The summed E-state index contributed by atoms with van der Waals surface area (Å²) in [6, 6.07) is 25.4. The first kappa shape index (κ1) is 32.5. The van der Waals surface area contributed by atoms with Crippen LogP contribution in [-0.4, -0.2) is 34.1 Å². The van der Waals surface area contributed by atoms with E-state index in [2.05, 4.69) is 0 Å². The normalized spacial score (nSPS) is 14.1. The average Bonchev–Trinajstić information content (AvgIpc) is 3.42. The van der Waals surface area contributed by atoms with Crippen molar-refractivity contribution in [3.63, 3.8) is 0 Å². The number of nitro benzene ring substituents is 2. The number of hydrogen-bond acceptors (Lipinski definition) is 11. The number of nitrogens with zero attached hydrogens (tertiary/aromatic N) is 4. The molecule has 1 aliphatic rings. The number of aromatic nitrogens is 1. The standard InChI is InChI=1S/C35H26N4O9S/c1-3-47-34(41)30-31(22-10-6-4-7-11-22)36-35-37(32(30)23-12-8-5-9-13-23)33(40)29(49-35)19-21-14-16-27(28(18-21)46-2)48-26-17-15-24(38(42)43)20-25(26)39(44)45/h4-20,32H,3H2,1-2H3/b29-19-/t32-/m0/s1. The number of carbonyl (C=O) groups excluding carboxylic acids is 1. The van der Waals surface area contributed by atoms with E-state index in [4.69, 9.17) is 19.2 Å². The molecule has 0 fully saturated rings. The lowest BCUT2D eigenvalue weighted by molar-refractivity contribution is -0.394. The van der Waals surface area contributed by atoms with Gasteiger partial charge in [0.25, 0.3) is 11.2 Å². The molecule has 0 aliphatic carbocycles. The minimum Gasteiger partial charge on any atom is -0.493 e. The van der Waals surface area contributed by atoms with Gasteiger partial charge in [0.1, 0.15) is 0 Å². The van der Waals surface area contributed by atoms with Crippen LogP contribution in [-0.2, 0) is 9.53 Å². The van der Waals surface area contributed by atoms with E-state index in [0.29, 0.717) is 31.7 Å². The van der Waals surface area contributed by atoms with Crippen LogP contribution in [0.1, 0.15) is 29.7 Å². The third kappa shape index (κ3) is 6.44. The number of non-ortho nitro benzene ring substituents is 1. The number of benzene rings is 4.